The summed E-state index contributed by atoms with van der Waals surface area (Å²) < 4.78 is 11.2. The summed E-state index contributed by atoms with van der Waals surface area (Å²) >= 11 is 3.39. The number of β-amino-alcohol motifs (C(OH)–C–C–N with tert-alkyl or cyclic N) is 1. The standard InChI is InChI=1S/C15H20BrNO4/c1-9-4-5-17(8-13(9)18)15(19)11-6-10(20-2)7-12(16)14(11)21-3/h6-7,9,13,18H,4-5,8H2,1-3H3. The predicted molar refractivity (Wildman–Crippen MR) is 82.9 cm³/mol. The van der Waals surface area contributed by atoms with Crippen LogP contribution in [0, 0.1) is 5.92 Å². The summed E-state index contributed by atoms with van der Waals surface area (Å²) in [5, 5.41) is 9.97. The van der Waals surface area contributed by atoms with Crippen molar-refractivity contribution in [2.75, 3.05) is 27.3 Å². The summed E-state index contributed by atoms with van der Waals surface area (Å²) in [7, 11) is 3.07. The van der Waals surface area contributed by atoms with Crippen LogP contribution in [-0.4, -0.2) is 49.3 Å². The lowest BCUT2D eigenvalue weighted by Crippen LogP contribution is -2.45. The highest BCUT2D eigenvalue weighted by molar-refractivity contribution is 9.10. The minimum absolute atomic E-state index is 0.155. The lowest BCUT2D eigenvalue weighted by Gasteiger charge is -2.34. The zero-order valence-electron chi connectivity index (χ0n) is 12.4. The van der Waals surface area contributed by atoms with E-state index in [0.717, 1.165) is 6.42 Å². The fourth-order valence-corrected chi connectivity index (χ4v) is 3.06. The molecule has 0 aromatic heterocycles. The molecule has 1 amide bonds. The number of carbonyl (C=O) groups excluding carboxylic acids is 1. The molecule has 0 aliphatic carbocycles. The smallest absolute Gasteiger partial charge is 0.257 e. The number of halogens is 1. The Bertz CT molecular complexity index is 535. The maximum atomic E-state index is 12.7. The van der Waals surface area contributed by atoms with Gasteiger partial charge >= 0.3 is 0 Å². The number of ether oxygens (including phenoxy) is 2. The van der Waals surface area contributed by atoms with E-state index >= 15 is 0 Å². The minimum Gasteiger partial charge on any atom is -0.497 e. The molecule has 1 heterocycles. The van der Waals surface area contributed by atoms with Crippen LogP contribution < -0.4 is 9.47 Å². The Morgan fingerprint density at radius 1 is 1.38 bits per heavy atom. The highest BCUT2D eigenvalue weighted by atomic mass is 79.9. The van der Waals surface area contributed by atoms with Gasteiger partial charge in [0.05, 0.1) is 30.4 Å². The number of aliphatic hydroxyl groups is 1. The van der Waals surface area contributed by atoms with Crippen molar-refractivity contribution in [1.29, 1.82) is 0 Å². The molecular formula is C15H20BrNO4. The van der Waals surface area contributed by atoms with Gasteiger partial charge in [-0.3, -0.25) is 4.79 Å². The number of benzene rings is 1. The maximum absolute atomic E-state index is 12.7. The Hall–Kier alpha value is -1.27. The summed E-state index contributed by atoms with van der Waals surface area (Å²) in [6.07, 6.45) is 0.308. The third-order valence-corrected chi connectivity index (χ3v) is 4.48. The fraction of sp³-hybridized carbons (Fsp3) is 0.533. The van der Waals surface area contributed by atoms with E-state index in [-0.39, 0.29) is 11.8 Å². The molecule has 2 rings (SSSR count). The van der Waals surface area contributed by atoms with Crippen molar-refractivity contribution in [1.82, 2.24) is 4.90 Å². The molecule has 21 heavy (non-hydrogen) atoms. The van der Waals surface area contributed by atoms with Crippen LogP contribution in [0.3, 0.4) is 0 Å². The fourth-order valence-electron chi connectivity index (χ4n) is 2.46. The van der Waals surface area contributed by atoms with Gasteiger partial charge in [0.1, 0.15) is 11.5 Å². The first-order valence-electron chi connectivity index (χ1n) is 6.86. The number of rotatable bonds is 3. The number of aliphatic hydroxyl groups excluding tert-OH is 1. The van der Waals surface area contributed by atoms with Crippen molar-refractivity contribution in [2.24, 2.45) is 5.92 Å². The van der Waals surface area contributed by atoms with Gasteiger partial charge in [-0.25, -0.2) is 0 Å². The van der Waals surface area contributed by atoms with Crippen LogP contribution in [0.5, 0.6) is 11.5 Å². The van der Waals surface area contributed by atoms with E-state index in [1.807, 2.05) is 6.92 Å². The van der Waals surface area contributed by atoms with Gasteiger partial charge in [0.2, 0.25) is 0 Å². The van der Waals surface area contributed by atoms with Crippen molar-refractivity contribution in [3.63, 3.8) is 0 Å². The normalized spacial score (nSPS) is 22.0. The Morgan fingerprint density at radius 2 is 2.10 bits per heavy atom. The molecular weight excluding hydrogens is 338 g/mol. The third-order valence-electron chi connectivity index (χ3n) is 3.89. The molecule has 1 fully saturated rings. The number of amides is 1. The zero-order chi connectivity index (χ0) is 15.6. The average molecular weight is 358 g/mol. The number of hydrogen-bond donors (Lipinski definition) is 1. The van der Waals surface area contributed by atoms with Gasteiger partial charge < -0.3 is 19.5 Å². The molecule has 0 spiro atoms. The molecule has 0 radical (unpaired) electrons. The first-order chi connectivity index (χ1) is 9.97. The highest BCUT2D eigenvalue weighted by Crippen LogP contribution is 2.35. The quantitative estimate of drug-likeness (QED) is 0.901. The molecule has 2 unspecified atom stereocenters. The second kappa shape index (κ2) is 6.66. The summed E-state index contributed by atoms with van der Waals surface area (Å²) in [5.41, 5.74) is 0.436. The second-order valence-corrected chi connectivity index (χ2v) is 6.13. The largest absolute Gasteiger partial charge is 0.497 e. The SMILES string of the molecule is COc1cc(Br)c(OC)c(C(=O)N2CCC(C)C(O)C2)c1. The van der Waals surface area contributed by atoms with Crippen LogP contribution in [0.15, 0.2) is 16.6 Å². The van der Waals surface area contributed by atoms with Crippen LogP contribution in [-0.2, 0) is 0 Å². The topological polar surface area (TPSA) is 59.0 Å². The van der Waals surface area contributed by atoms with Crippen LogP contribution >= 0.6 is 15.9 Å². The van der Waals surface area contributed by atoms with Gasteiger partial charge in [0, 0.05) is 13.1 Å². The molecule has 1 aromatic rings. The number of hydrogen-bond acceptors (Lipinski definition) is 4. The number of carbonyl (C=O) groups is 1. The number of likely N-dealkylation sites (tertiary alicyclic amines) is 1. The summed E-state index contributed by atoms with van der Waals surface area (Å²) in [6, 6.07) is 3.42. The van der Waals surface area contributed by atoms with E-state index in [4.69, 9.17) is 9.47 Å². The number of piperidine rings is 1. The van der Waals surface area contributed by atoms with Gasteiger partial charge in [-0.15, -0.1) is 0 Å². The Morgan fingerprint density at radius 3 is 2.67 bits per heavy atom. The highest BCUT2D eigenvalue weighted by Gasteiger charge is 2.30. The average Bonchev–Trinajstić information content (AvgIpc) is 2.48. The monoisotopic (exact) mass is 357 g/mol. The van der Waals surface area contributed by atoms with E-state index in [1.54, 1.807) is 24.1 Å². The van der Waals surface area contributed by atoms with Gasteiger partial charge in [-0.1, -0.05) is 6.92 Å². The number of nitrogens with zero attached hydrogens (tertiary/aromatic N) is 1. The molecule has 2 atom stereocenters. The molecule has 1 aliphatic heterocycles. The molecule has 1 N–H and O–H groups in total. The Kier molecular flexibility index (Phi) is 5.11. The predicted octanol–water partition coefficient (Wildman–Crippen LogP) is 2.31. The van der Waals surface area contributed by atoms with Crippen molar-refractivity contribution >= 4 is 21.8 Å². The lowest BCUT2D eigenvalue weighted by atomic mass is 9.95. The van der Waals surface area contributed by atoms with Crippen molar-refractivity contribution in [3.8, 4) is 11.5 Å². The third kappa shape index (κ3) is 3.32. The molecule has 1 saturated heterocycles. The van der Waals surface area contributed by atoms with E-state index < -0.39 is 6.10 Å². The molecule has 0 bridgehead atoms. The summed E-state index contributed by atoms with van der Waals surface area (Å²) in [5.74, 6) is 1.12. The van der Waals surface area contributed by atoms with Gasteiger partial charge in [0.15, 0.2) is 0 Å². The molecule has 116 valence electrons. The molecule has 6 heteroatoms. The van der Waals surface area contributed by atoms with Crippen molar-refractivity contribution in [2.45, 2.75) is 19.4 Å². The minimum atomic E-state index is -0.484. The van der Waals surface area contributed by atoms with Gasteiger partial charge in [-0.05, 0) is 40.4 Å². The van der Waals surface area contributed by atoms with Crippen LogP contribution in [0.25, 0.3) is 0 Å². The van der Waals surface area contributed by atoms with E-state index in [0.29, 0.717) is 34.6 Å². The van der Waals surface area contributed by atoms with E-state index in [1.165, 1.54) is 7.11 Å². The molecule has 0 saturated carbocycles. The summed E-state index contributed by atoms with van der Waals surface area (Å²) in [6.45, 7) is 2.97. The van der Waals surface area contributed by atoms with Crippen LogP contribution in [0.2, 0.25) is 0 Å². The zero-order valence-corrected chi connectivity index (χ0v) is 14.0. The van der Waals surface area contributed by atoms with Crippen LogP contribution in [0.1, 0.15) is 23.7 Å². The van der Waals surface area contributed by atoms with Gasteiger partial charge in [0.25, 0.3) is 5.91 Å². The Labute approximate surface area is 133 Å². The second-order valence-electron chi connectivity index (χ2n) is 5.27. The van der Waals surface area contributed by atoms with Gasteiger partial charge in [-0.2, -0.15) is 0 Å². The Balaban J connectivity index is 2.32. The maximum Gasteiger partial charge on any atom is 0.257 e. The van der Waals surface area contributed by atoms with Crippen LogP contribution in [0.4, 0.5) is 0 Å². The van der Waals surface area contributed by atoms with Crippen molar-refractivity contribution in [3.05, 3.63) is 22.2 Å². The molecule has 1 aromatic carbocycles. The molecule has 5 nitrogen and oxygen atoms in total. The number of methoxy groups -OCH3 is 2. The van der Waals surface area contributed by atoms with E-state index in [9.17, 15) is 9.90 Å². The first-order valence-corrected chi connectivity index (χ1v) is 7.66. The first kappa shape index (κ1) is 16.1. The molecule has 1 aliphatic rings. The van der Waals surface area contributed by atoms with E-state index in [2.05, 4.69) is 15.9 Å². The summed E-state index contributed by atoms with van der Waals surface area (Å²) in [4.78, 5) is 14.4. The van der Waals surface area contributed by atoms with Crippen molar-refractivity contribution < 1.29 is 19.4 Å². The lowest BCUT2D eigenvalue weighted by molar-refractivity contribution is 0.0246.